The number of aryl methyl sites for hydroxylation is 2. The number of carbonyl (C=O) groups is 1. The predicted molar refractivity (Wildman–Crippen MR) is 118 cm³/mol. The molecule has 1 atom stereocenters. The topological polar surface area (TPSA) is 84.5 Å². The lowest BCUT2D eigenvalue weighted by Gasteiger charge is -2.17. The maximum Gasteiger partial charge on any atom is 0.265 e. The van der Waals surface area contributed by atoms with Gasteiger partial charge in [-0.1, -0.05) is 17.7 Å². The second-order valence-corrected chi connectivity index (χ2v) is 8.84. The van der Waals surface area contributed by atoms with Crippen LogP contribution in [0.15, 0.2) is 71.6 Å². The Morgan fingerprint density at radius 2 is 1.55 bits per heavy atom. The predicted octanol–water partition coefficient (Wildman–Crippen LogP) is 4.65. The van der Waals surface area contributed by atoms with Gasteiger partial charge in [0.2, 0.25) is 0 Å². The molecule has 3 aromatic carbocycles. The minimum absolute atomic E-state index is 0.00871. The summed E-state index contributed by atoms with van der Waals surface area (Å²) in [6, 6.07) is 16.4. The fourth-order valence-electron chi connectivity index (χ4n) is 2.87. The number of sulfonamides is 1. The van der Waals surface area contributed by atoms with E-state index in [0.717, 1.165) is 23.3 Å². The van der Waals surface area contributed by atoms with Crippen molar-refractivity contribution in [3.8, 4) is 5.75 Å². The second-order valence-electron chi connectivity index (χ2n) is 7.16. The van der Waals surface area contributed by atoms with Crippen LogP contribution in [0.25, 0.3) is 0 Å². The van der Waals surface area contributed by atoms with Gasteiger partial charge in [-0.25, -0.2) is 12.8 Å². The van der Waals surface area contributed by atoms with Crippen LogP contribution in [0.1, 0.15) is 18.1 Å². The normalized spacial score (nSPS) is 12.1. The monoisotopic (exact) mass is 442 g/mol. The summed E-state index contributed by atoms with van der Waals surface area (Å²) in [5.74, 6) is -0.194. The molecule has 3 rings (SSSR count). The van der Waals surface area contributed by atoms with Crippen molar-refractivity contribution in [3.05, 3.63) is 83.7 Å². The van der Waals surface area contributed by atoms with Crippen LogP contribution in [0.3, 0.4) is 0 Å². The highest BCUT2D eigenvalue weighted by atomic mass is 32.2. The van der Waals surface area contributed by atoms with Crippen molar-refractivity contribution in [2.24, 2.45) is 0 Å². The number of hydrogen-bond acceptors (Lipinski definition) is 4. The summed E-state index contributed by atoms with van der Waals surface area (Å²) in [6.07, 6.45) is -0.745. The molecule has 0 spiro atoms. The number of carbonyl (C=O) groups excluding carboxylic acids is 1. The van der Waals surface area contributed by atoms with E-state index in [4.69, 9.17) is 4.74 Å². The molecule has 0 aliphatic heterocycles. The molecule has 0 bridgehead atoms. The van der Waals surface area contributed by atoms with Gasteiger partial charge in [-0.05, 0) is 80.9 Å². The van der Waals surface area contributed by atoms with Crippen LogP contribution in [-0.4, -0.2) is 20.4 Å². The van der Waals surface area contributed by atoms with Crippen LogP contribution in [0.4, 0.5) is 15.8 Å². The van der Waals surface area contributed by atoms with Gasteiger partial charge in [0.25, 0.3) is 15.9 Å². The van der Waals surface area contributed by atoms with Crippen molar-refractivity contribution in [3.63, 3.8) is 0 Å². The Bertz CT molecular complexity index is 1180. The Hall–Kier alpha value is -3.39. The minimum Gasteiger partial charge on any atom is -0.481 e. The molecule has 0 saturated heterocycles. The molecule has 8 heteroatoms. The molecule has 1 amide bonds. The molecule has 31 heavy (non-hydrogen) atoms. The minimum atomic E-state index is -3.85. The first-order valence-corrected chi connectivity index (χ1v) is 11.1. The van der Waals surface area contributed by atoms with Crippen LogP contribution < -0.4 is 14.8 Å². The second kappa shape index (κ2) is 9.18. The zero-order valence-electron chi connectivity index (χ0n) is 17.3. The van der Waals surface area contributed by atoms with Crippen LogP contribution in [0.2, 0.25) is 0 Å². The molecule has 0 radical (unpaired) electrons. The molecule has 0 aliphatic carbocycles. The van der Waals surface area contributed by atoms with Gasteiger partial charge in [-0.2, -0.15) is 0 Å². The molecular formula is C23H23FN2O4S. The van der Waals surface area contributed by atoms with E-state index in [1.54, 1.807) is 6.92 Å². The van der Waals surface area contributed by atoms with E-state index < -0.39 is 21.9 Å². The lowest BCUT2D eigenvalue weighted by atomic mass is 10.1. The van der Waals surface area contributed by atoms with Crippen LogP contribution in [0, 0.1) is 19.7 Å². The van der Waals surface area contributed by atoms with E-state index in [1.165, 1.54) is 36.4 Å². The zero-order chi connectivity index (χ0) is 22.6. The molecular weight excluding hydrogens is 419 g/mol. The zero-order valence-corrected chi connectivity index (χ0v) is 18.2. The van der Waals surface area contributed by atoms with Gasteiger partial charge in [0.1, 0.15) is 11.6 Å². The summed E-state index contributed by atoms with van der Waals surface area (Å²) < 4.78 is 46.1. The fourth-order valence-corrected chi connectivity index (χ4v) is 3.93. The quantitative estimate of drug-likeness (QED) is 0.558. The average molecular weight is 443 g/mol. The standard InChI is InChI=1S/C23H23FN2O4S/c1-15-4-13-22(16(2)14-15)30-17(3)23(27)25-19-9-11-21(12-10-19)31(28,29)26-20-7-5-18(24)6-8-20/h4-14,17,26H,1-3H3,(H,25,27)/t17-/m0/s1. The van der Waals surface area contributed by atoms with Gasteiger partial charge in [0.05, 0.1) is 4.90 Å². The summed E-state index contributed by atoms with van der Waals surface area (Å²) in [5, 5.41) is 2.71. The molecule has 3 aromatic rings. The van der Waals surface area contributed by atoms with E-state index in [0.29, 0.717) is 11.4 Å². The lowest BCUT2D eigenvalue weighted by Crippen LogP contribution is -2.30. The Labute approximate surface area is 181 Å². The van der Waals surface area contributed by atoms with Crippen LogP contribution in [0.5, 0.6) is 5.75 Å². The summed E-state index contributed by atoms with van der Waals surface area (Å²) in [4.78, 5) is 12.5. The van der Waals surface area contributed by atoms with Crippen molar-refractivity contribution in [2.45, 2.75) is 31.8 Å². The Morgan fingerprint density at radius 1 is 0.935 bits per heavy atom. The number of nitrogens with one attached hydrogen (secondary N) is 2. The van der Waals surface area contributed by atoms with E-state index in [2.05, 4.69) is 10.0 Å². The fraction of sp³-hybridized carbons (Fsp3) is 0.174. The SMILES string of the molecule is Cc1ccc(O[C@@H](C)C(=O)Nc2ccc(S(=O)(=O)Nc3ccc(F)cc3)cc2)c(C)c1. The van der Waals surface area contributed by atoms with E-state index in [1.807, 2.05) is 32.0 Å². The smallest absolute Gasteiger partial charge is 0.265 e. The van der Waals surface area contributed by atoms with E-state index in [9.17, 15) is 17.6 Å². The van der Waals surface area contributed by atoms with Crippen molar-refractivity contribution < 1.29 is 22.3 Å². The lowest BCUT2D eigenvalue weighted by molar-refractivity contribution is -0.122. The largest absolute Gasteiger partial charge is 0.481 e. The Kier molecular flexibility index (Phi) is 6.60. The molecule has 0 heterocycles. The third kappa shape index (κ3) is 5.82. The third-order valence-corrected chi connectivity index (χ3v) is 5.93. The molecule has 162 valence electrons. The van der Waals surface area contributed by atoms with Crippen LogP contribution in [-0.2, 0) is 14.8 Å². The van der Waals surface area contributed by atoms with Crippen molar-refractivity contribution in [1.82, 2.24) is 0 Å². The van der Waals surface area contributed by atoms with Crippen molar-refractivity contribution in [2.75, 3.05) is 10.0 Å². The van der Waals surface area contributed by atoms with Gasteiger partial charge < -0.3 is 10.1 Å². The molecule has 0 unspecified atom stereocenters. The number of amides is 1. The van der Waals surface area contributed by atoms with Gasteiger partial charge in [-0.3, -0.25) is 9.52 Å². The van der Waals surface area contributed by atoms with Crippen LogP contribution >= 0.6 is 0 Å². The van der Waals surface area contributed by atoms with Gasteiger partial charge >= 0.3 is 0 Å². The highest BCUT2D eigenvalue weighted by Crippen LogP contribution is 2.21. The van der Waals surface area contributed by atoms with E-state index in [-0.39, 0.29) is 16.5 Å². The number of halogens is 1. The highest BCUT2D eigenvalue weighted by molar-refractivity contribution is 7.92. The molecule has 0 aromatic heterocycles. The number of benzene rings is 3. The molecule has 0 fully saturated rings. The molecule has 2 N–H and O–H groups in total. The maximum absolute atomic E-state index is 13.0. The number of rotatable bonds is 7. The summed E-state index contributed by atoms with van der Waals surface area (Å²) in [6.45, 7) is 5.53. The summed E-state index contributed by atoms with van der Waals surface area (Å²) in [7, 11) is -3.85. The van der Waals surface area contributed by atoms with Crippen molar-refractivity contribution >= 4 is 27.3 Å². The van der Waals surface area contributed by atoms with Gasteiger partial charge in [0.15, 0.2) is 6.10 Å². The number of anilines is 2. The first-order valence-electron chi connectivity index (χ1n) is 9.57. The first kappa shape index (κ1) is 22.3. The number of hydrogen-bond donors (Lipinski definition) is 2. The molecule has 0 aliphatic rings. The molecule has 6 nitrogen and oxygen atoms in total. The van der Waals surface area contributed by atoms with Crippen molar-refractivity contribution in [1.29, 1.82) is 0 Å². The van der Waals surface area contributed by atoms with E-state index >= 15 is 0 Å². The number of ether oxygens (including phenoxy) is 1. The first-order chi connectivity index (χ1) is 14.6. The molecule has 0 saturated carbocycles. The summed E-state index contributed by atoms with van der Waals surface area (Å²) >= 11 is 0. The average Bonchev–Trinajstić information content (AvgIpc) is 2.72. The summed E-state index contributed by atoms with van der Waals surface area (Å²) in [5.41, 5.74) is 2.71. The Balaban J connectivity index is 1.63. The maximum atomic E-state index is 13.0. The third-order valence-electron chi connectivity index (χ3n) is 4.53. The van der Waals surface area contributed by atoms with Gasteiger partial charge in [-0.15, -0.1) is 0 Å². The van der Waals surface area contributed by atoms with Gasteiger partial charge in [0, 0.05) is 11.4 Å². The highest BCUT2D eigenvalue weighted by Gasteiger charge is 2.18. The Morgan fingerprint density at radius 3 is 2.16 bits per heavy atom.